The molecule has 4 aromatic heterocycles. The van der Waals surface area contributed by atoms with Gasteiger partial charge in [0.1, 0.15) is 5.52 Å². The molecule has 0 saturated carbocycles. The lowest BCUT2D eigenvalue weighted by Crippen LogP contribution is -2.53. The lowest BCUT2D eigenvalue weighted by molar-refractivity contribution is -0.0675. The minimum atomic E-state index is -2.94. The van der Waals surface area contributed by atoms with Gasteiger partial charge in [0.2, 0.25) is 5.95 Å². The van der Waals surface area contributed by atoms with E-state index >= 15 is 0 Å². The number of imidazole rings is 1. The Bertz CT molecular complexity index is 1270. The molecule has 0 aliphatic carbocycles. The molecule has 0 radical (unpaired) electrons. The third kappa shape index (κ3) is 3.32. The van der Waals surface area contributed by atoms with E-state index in [0.29, 0.717) is 29.2 Å². The van der Waals surface area contributed by atoms with E-state index in [9.17, 15) is 13.2 Å². The predicted octanol–water partition coefficient (Wildman–Crippen LogP) is 2.37. The van der Waals surface area contributed by atoms with E-state index in [4.69, 9.17) is 0 Å². The number of hydrogen-bond acceptors (Lipinski definition) is 7. The Morgan fingerprint density at radius 3 is 2.81 bits per heavy atom. The molecule has 0 spiro atoms. The molecule has 12 heteroatoms. The SMILES string of the molecule is CNc1nc(N[C@@H]2CCN(C)CC2(F)F)nn2cc(F)c(-c3ccc4nccn4n3)c12. The van der Waals surface area contributed by atoms with Gasteiger partial charge in [0.25, 0.3) is 5.92 Å². The van der Waals surface area contributed by atoms with Crippen LogP contribution in [0.5, 0.6) is 0 Å². The number of nitrogens with one attached hydrogen (secondary N) is 2. The number of likely N-dealkylation sites (tertiary alicyclic amines) is 1. The lowest BCUT2D eigenvalue weighted by atomic mass is 10.0. The first-order valence-corrected chi connectivity index (χ1v) is 9.76. The maximum Gasteiger partial charge on any atom is 0.280 e. The van der Waals surface area contributed by atoms with Gasteiger partial charge in [-0.05, 0) is 25.6 Å². The third-order valence-electron chi connectivity index (χ3n) is 5.43. The summed E-state index contributed by atoms with van der Waals surface area (Å²) in [6.07, 6.45) is 4.68. The van der Waals surface area contributed by atoms with Gasteiger partial charge in [-0.25, -0.2) is 27.2 Å². The molecule has 1 fully saturated rings. The number of piperidine rings is 1. The van der Waals surface area contributed by atoms with E-state index in [-0.39, 0.29) is 24.5 Å². The van der Waals surface area contributed by atoms with Crippen LogP contribution in [0.1, 0.15) is 6.42 Å². The first-order chi connectivity index (χ1) is 14.9. The second-order valence-electron chi connectivity index (χ2n) is 7.61. The third-order valence-corrected chi connectivity index (χ3v) is 5.43. The molecule has 2 N–H and O–H groups in total. The summed E-state index contributed by atoms with van der Waals surface area (Å²) in [6, 6.07) is 2.27. The van der Waals surface area contributed by atoms with E-state index in [1.54, 1.807) is 43.5 Å². The highest BCUT2D eigenvalue weighted by atomic mass is 19.3. The molecule has 0 aromatic carbocycles. The van der Waals surface area contributed by atoms with Gasteiger partial charge >= 0.3 is 0 Å². The fourth-order valence-corrected chi connectivity index (χ4v) is 3.92. The zero-order valence-electron chi connectivity index (χ0n) is 16.8. The molecule has 1 aliphatic rings. The van der Waals surface area contributed by atoms with E-state index < -0.39 is 17.8 Å². The Kier molecular flexibility index (Phi) is 4.46. The molecular weight excluding hydrogens is 411 g/mol. The van der Waals surface area contributed by atoms with Crippen molar-refractivity contribution in [3.8, 4) is 11.3 Å². The molecular formula is C19H20F3N9. The predicted molar refractivity (Wildman–Crippen MR) is 109 cm³/mol. The summed E-state index contributed by atoms with van der Waals surface area (Å²) >= 11 is 0. The average molecular weight is 431 g/mol. The van der Waals surface area contributed by atoms with Crippen molar-refractivity contribution < 1.29 is 13.2 Å². The van der Waals surface area contributed by atoms with Gasteiger partial charge in [0, 0.05) is 26.0 Å². The minimum absolute atomic E-state index is 0.00866. The summed E-state index contributed by atoms with van der Waals surface area (Å²) in [7, 11) is 3.28. The molecule has 0 bridgehead atoms. The highest BCUT2D eigenvalue weighted by molar-refractivity contribution is 5.88. The van der Waals surface area contributed by atoms with Crippen LogP contribution in [0.2, 0.25) is 0 Å². The first-order valence-electron chi connectivity index (χ1n) is 9.76. The Morgan fingerprint density at radius 1 is 1.19 bits per heavy atom. The van der Waals surface area contributed by atoms with Crippen LogP contribution in [0.4, 0.5) is 24.9 Å². The summed E-state index contributed by atoms with van der Waals surface area (Å²) in [5, 5.41) is 14.3. The summed E-state index contributed by atoms with van der Waals surface area (Å²) in [6.45, 7) is 0.176. The van der Waals surface area contributed by atoms with Crippen molar-refractivity contribution in [2.45, 2.75) is 18.4 Å². The highest BCUT2D eigenvalue weighted by Crippen LogP contribution is 2.33. The first kappa shape index (κ1) is 19.5. The zero-order chi connectivity index (χ0) is 21.8. The smallest absolute Gasteiger partial charge is 0.280 e. The molecule has 1 aliphatic heterocycles. The standard InChI is InChI=1S/C19H20F3N9/c1-23-17-16-15(12-3-4-14-24-6-8-30(14)27-12)11(20)9-31(16)28-18(26-17)25-13-5-7-29(2)10-19(13,21)22/h3-4,6,8-9,13H,5,7,10H2,1-2H3,(H2,23,25,26,28)/t13-/m1/s1. The number of fused-ring (bicyclic) bond motifs is 2. The average Bonchev–Trinajstić information content (AvgIpc) is 3.31. The number of anilines is 2. The fourth-order valence-electron chi connectivity index (χ4n) is 3.92. The summed E-state index contributed by atoms with van der Waals surface area (Å²) in [5.74, 6) is -3.21. The Balaban J connectivity index is 1.57. The molecule has 0 amide bonds. The van der Waals surface area contributed by atoms with Crippen molar-refractivity contribution in [3.63, 3.8) is 0 Å². The van der Waals surface area contributed by atoms with Crippen molar-refractivity contribution in [2.24, 2.45) is 0 Å². The van der Waals surface area contributed by atoms with Crippen molar-refractivity contribution in [3.05, 3.63) is 36.5 Å². The summed E-state index contributed by atoms with van der Waals surface area (Å²) in [4.78, 5) is 10.1. The maximum atomic E-state index is 15.0. The number of rotatable bonds is 4. The van der Waals surface area contributed by atoms with Gasteiger partial charge in [-0.15, -0.1) is 5.10 Å². The Hall–Kier alpha value is -3.41. The Labute approximate surface area is 174 Å². The lowest BCUT2D eigenvalue weighted by Gasteiger charge is -2.36. The van der Waals surface area contributed by atoms with E-state index in [2.05, 4.69) is 30.8 Å². The maximum absolute atomic E-state index is 15.0. The van der Waals surface area contributed by atoms with Crippen LogP contribution in [0, 0.1) is 5.82 Å². The monoisotopic (exact) mass is 431 g/mol. The van der Waals surface area contributed by atoms with Crippen molar-refractivity contribution in [2.75, 3.05) is 37.8 Å². The molecule has 0 unspecified atom stereocenters. The molecule has 1 atom stereocenters. The topological polar surface area (TPSA) is 87.7 Å². The number of nitrogens with zero attached hydrogens (tertiary/aromatic N) is 7. The largest absolute Gasteiger partial charge is 0.371 e. The van der Waals surface area contributed by atoms with Gasteiger partial charge in [-0.1, -0.05) is 0 Å². The molecule has 9 nitrogen and oxygen atoms in total. The van der Waals surface area contributed by atoms with Gasteiger partial charge in [-0.2, -0.15) is 10.1 Å². The number of alkyl halides is 2. The van der Waals surface area contributed by atoms with Crippen molar-refractivity contribution in [1.82, 2.24) is 34.1 Å². The van der Waals surface area contributed by atoms with Crippen molar-refractivity contribution in [1.29, 1.82) is 0 Å². The van der Waals surface area contributed by atoms with Gasteiger partial charge in [-0.3, -0.25) is 0 Å². The highest BCUT2D eigenvalue weighted by Gasteiger charge is 2.44. The molecule has 31 heavy (non-hydrogen) atoms. The second-order valence-corrected chi connectivity index (χ2v) is 7.61. The quantitative estimate of drug-likeness (QED) is 0.513. The minimum Gasteiger partial charge on any atom is -0.371 e. The van der Waals surface area contributed by atoms with Crippen LogP contribution < -0.4 is 10.6 Å². The molecule has 1 saturated heterocycles. The van der Waals surface area contributed by atoms with E-state index in [0.717, 1.165) is 0 Å². The van der Waals surface area contributed by atoms with Gasteiger partial charge in [0.15, 0.2) is 17.3 Å². The summed E-state index contributed by atoms with van der Waals surface area (Å²) in [5.41, 5.74) is 1.56. The fraction of sp³-hybridized carbons (Fsp3) is 0.368. The van der Waals surface area contributed by atoms with Crippen LogP contribution in [0.3, 0.4) is 0 Å². The van der Waals surface area contributed by atoms with Crippen LogP contribution in [-0.4, -0.2) is 73.2 Å². The number of halogens is 3. The van der Waals surface area contributed by atoms with Crippen LogP contribution in [0.25, 0.3) is 22.4 Å². The van der Waals surface area contributed by atoms with E-state index in [1.165, 1.54) is 15.2 Å². The zero-order valence-corrected chi connectivity index (χ0v) is 16.8. The second kappa shape index (κ2) is 7.08. The van der Waals surface area contributed by atoms with Crippen molar-refractivity contribution >= 4 is 22.9 Å². The molecule has 5 rings (SSSR count). The Morgan fingerprint density at radius 2 is 2.03 bits per heavy atom. The number of hydrogen-bond donors (Lipinski definition) is 2. The van der Waals surface area contributed by atoms with Crippen LogP contribution >= 0.6 is 0 Å². The molecule has 162 valence electrons. The van der Waals surface area contributed by atoms with Crippen LogP contribution in [-0.2, 0) is 0 Å². The number of aromatic nitrogens is 6. The van der Waals surface area contributed by atoms with Crippen LogP contribution in [0.15, 0.2) is 30.7 Å². The van der Waals surface area contributed by atoms with E-state index in [1.807, 2.05) is 0 Å². The molecule has 5 heterocycles. The summed E-state index contributed by atoms with van der Waals surface area (Å²) < 4.78 is 46.7. The normalized spacial score (nSPS) is 19.2. The van der Waals surface area contributed by atoms with Gasteiger partial charge in [0.05, 0.1) is 30.0 Å². The van der Waals surface area contributed by atoms with Gasteiger partial charge < -0.3 is 15.5 Å². The molecule has 4 aromatic rings.